The van der Waals surface area contributed by atoms with Gasteiger partial charge >= 0.3 is 0 Å². The highest BCUT2D eigenvalue weighted by Crippen LogP contribution is 2.32. The Balaban J connectivity index is 1.66. The van der Waals surface area contributed by atoms with Crippen LogP contribution in [0.2, 0.25) is 0 Å². The van der Waals surface area contributed by atoms with Gasteiger partial charge in [-0.3, -0.25) is 14.9 Å². The lowest BCUT2D eigenvalue weighted by Crippen LogP contribution is -2.20. The molecule has 3 N–H and O–H groups in total. The number of H-pyrrole nitrogens is 1. The smallest absolute Gasteiger partial charge is 0.269 e. The van der Waals surface area contributed by atoms with Crippen LogP contribution in [0, 0.1) is 10.1 Å². The molecule has 0 aliphatic heterocycles. The van der Waals surface area contributed by atoms with Crippen molar-refractivity contribution in [3.05, 3.63) is 64.3 Å². The molecule has 0 aliphatic carbocycles. The number of benzene rings is 2. The van der Waals surface area contributed by atoms with Crippen molar-refractivity contribution in [3.63, 3.8) is 0 Å². The van der Waals surface area contributed by atoms with Crippen molar-refractivity contribution >= 4 is 22.5 Å². The van der Waals surface area contributed by atoms with E-state index >= 15 is 0 Å². The number of aromatic nitrogens is 5. The molecule has 4 aromatic rings. The average molecular weight is 393 g/mol. The Morgan fingerprint density at radius 2 is 1.97 bits per heavy atom. The number of nitro benzene ring substituents is 1. The molecule has 11 nitrogen and oxygen atoms in total. The number of para-hydroxylation sites is 1. The van der Waals surface area contributed by atoms with Gasteiger partial charge in [-0.05, 0) is 23.4 Å². The molecule has 0 saturated heterocycles. The number of nitrogens with zero attached hydrogens (tertiary/aromatic N) is 5. The maximum Gasteiger partial charge on any atom is 0.269 e. The van der Waals surface area contributed by atoms with Crippen LogP contribution in [-0.4, -0.2) is 42.6 Å². The number of fused-ring (bicyclic) bond motifs is 1. The number of amides is 1. The zero-order valence-electron chi connectivity index (χ0n) is 15.0. The molecule has 0 spiro atoms. The Kier molecular flexibility index (Phi) is 4.61. The Bertz CT molecular complexity index is 1180. The van der Waals surface area contributed by atoms with Crippen LogP contribution in [0.15, 0.2) is 48.5 Å². The molecular formula is C18H15N7O4. The third kappa shape index (κ3) is 3.36. The normalized spacial score (nSPS) is 10.9. The maximum atomic E-state index is 12.3. The zero-order valence-corrected chi connectivity index (χ0v) is 15.0. The highest BCUT2D eigenvalue weighted by Gasteiger charge is 2.24. The van der Waals surface area contributed by atoms with Crippen molar-refractivity contribution in [1.29, 1.82) is 0 Å². The summed E-state index contributed by atoms with van der Waals surface area (Å²) in [5.41, 5.74) is 7.16. The topological polar surface area (TPSA) is 155 Å². The zero-order chi connectivity index (χ0) is 20.4. The van der Waals surface area contributed by atoms with E-state index in [9.17, 15) is 14.9 Å². The highest BCUT2D eigenvalue weighted by atomic mass is 16.6. The SMILES string of the molecule is NC(=O)c1c(-c2nn[nH]n2)c2ccccc2n1CCOc1ccc([N+](=O)[O-])cc1. The number of carbonyl (C=O) groups excluding carboxylic acids is 1. The summed E-state index contributed by atoms with van der Waals surface area (Å²) in [6, 6.07) is 13.2. The molecular weight excluding hydrogens is 378 g/mol. The number of nitrogens with two attached hydrogens (primary N) is 1. The molecule has 2 heterocycles. The van der Waals surface area contributed by atoms with Crippen LogP contribution in [0.1, 0.15) is 10.5 Å². The first-order valence-electron chi connectivity index (χ1n) is 8.58. The number of ether oxygens (including phenoxy) is 1. The number of hydrogen-bond acceptors (Lipinski definition) is 7. The van der Waals surface area contributed by atoms with Gasteiger partial charge in [-0.15, -0.1) is 10.2 Å². The number of nitrogens with one attached hydrogen (secondary N) is 1. The van der Waals surface area contributed by atoms with Gasteiger partial charge in [0.05, 0.1) is 17.0 Å². The molecule has 2 aromatic carbocycles. The van der Waals surface area contributed by atoms with Crippen molar-refractivity contribution in [2.75, 3.05) is 6.61 Å². The summed E-state index contributed by atoms with van der Waals surface area (Å²) in [5.74, 6) is 0.118. The van der Waals surface area contributed by atoms with Crippen molar-refractivity contribution in [1.82, 2.24) is 25.2 Å². The number of hydrogen-bond donors (Lipinski definition) is 2. The molecule has 146 valence electrons. The maximum absolute atomic E-state index is 12.3. The summed E-state index contributed by atoms with van der Waals surface area (Å²) >= 11 is 0. The van der Waals surface area contributed by atoms with Crippen LogP contribution in [0.25, 0.3) is 22.3 Å². The van der Waals surface area contributed by atoms with E-state index in [0.29, 0.717) is 17.9 Å². The Hall–Kier alpha value is -4.28. The molecule has 0 unspecified atom stereocenters. The molecule has 1 amide bonds. The lowest BCUT2D eigenvalue weighted by molar-refractivity contribution is -0.384. The van der Waals surface area contributed by atoms with Crippen LogP contribution in [0.3, 0.4) is 0 Å². The van der Waals surface area contributed by atoms with E-state index < -0.39 is 10.8 Å². The van der Waals surface area contributed by atoms with Gasteiger partial charge in [-0.1, -0.05) is 18.2 Å². The predicted octanol–water partition coefficient (Wildman–Crippen LogP) is 1.91. The van der Waals surface area contributed by atoms with Gasteiger partial charge in [0.2, 0.25) is 5.82 Å². The second-order valence-corrected chi connectivity index (χ2v) is 6.09. The van der Waals surface area contributed by atoms with E-state index in [1.807, 2.05) is 24.3 Å². The fourth-order valence-corrected chi connectivity index (χ4v) is 3.20. The van der Waals surface area contributed by atoms with Crippen molar-refractivity contribution in [2.24, 2.45) is 5.73 Å². The molecule has 0 atom stereocenters. The van der Waals surface area contributed by atoms with Gasteiger partial charge in [0.25, 0.3) is 11.6 Å². The molecule has 0 fully saturated rings. The minimum Gasteiger partial charge on any atom is -0.492 e. The van der Waals surface area contributed by atoms with Gasteiger partial charge in [-0.25, -0.2) is 0 Å². The Morgan fingerprint density at radius 1 is 1.21 bits per heavy atom. The van der Waals surface area contributed by atoms with Gasteiger partial charge in [0.1, 0.15) is 18.1 Å². The minimum atomic E-state index is -0.628. The van der Waals surface area contributed by atoms with Crippen molar-refractivity contribution in [2.45, 2.75) is 6.54 Å². The number of nitro groups is 1. The number of primary amides is 1. The fourth-order valence-electron chi connectivity index (χ4n) is 3.20. The van der Waals surface area contributed by atoms with E-state index in [4.69, 9.17) is 10.5 Å². The molecule has 4 rings (SSSR count). The first-order chi connectivity index (χ1) is 14.1. The Labute approximate surface area is 163 Å². The van der Waals surface area contributed by atoms with Gasteiger partial charge < -0.3 is 15.0 Å². The Morgan fingerprint density at radius 3 is 2.62 bits per heavy atom. The van der Waals surface area contributed by atoms with Gasteiger partial charge in [-0.2, -0.15) is 5.21 Å². The summed E-state index contributed by atoms with van der Waals surface area (Å²) in [4.78, 5) is 22.5. The molecule has 0 aliphatic rings. The predicted molar refractivity (Wildman–Crippen MR) is 102 cm³/mol. The van der Waals surface area contributed by atoms with Crippen molar-refractivity contribution in [3.8, 4) is 17.1 Å². The first-order valence-corrected chi connectivity index (χ1v) is 8.58. The highest BCUT2D eigenvalue weighted by molar-refractivity contribution is 6.08. The van der Waals surface area contributed by atoms with E-state index in [0.717, 1.165) is 10.9 Å². The van der Waals surface area contributed by atoms with E-state index in [2.05, 4.69) is 20.6 Å². The van der Waals surface area contributed by atoms with Crippen LogP contribution >= 0.6 is 0 Å². The lowest BCUT2D eigenvalue weighted by Gasteiger charge is -2.11. The van der Waals surface area contributed by atoms with E-state index in [1.165, 1.54) is 24.3 Å². The number of carbonyl (C=O) groups is 1. The quantitative estimate of drug-likeness (QED) is 0.359. The summed E-state index contributed by atoms with van der Waals surface area (Å²) in [5, 5.41) is 25.4. The van der Waals surface area contributed by atoms with Gasteiger partial charge in [0, 0.05) is 23.0 Å². The molecule has 29 heavy (non-hydrogen) atoms. The van der Waals surface area contributed by atoms with Crippen LogP contribution < -0.4 is 10.5 Å². The fraction of sp³-hybridized carbons (Fsp3) is 0.111. The van der Waals surface area contributed by atoms with Crippen LogP contribution in [-0.2, 0) is 6.54 Å². The molecule has 0 saturated carbocycles. The third-order valence-electron chi connectivity index (χ3n) is 4.40. The number of tetrazole rings is 1. The monoisotopic (exact) mass is 393 g/mol. The van der Waals surface area contributed by atoms with E-state index in [1.54, 1.807) is 4.57 Å². The van der Waals surface area contributed by atoms with Gasteiger partial charge in [0.15, 0.2) is 0 Å². The second-order valence-electron chi connectivity index (χ2n) is 6.09. The number of rotatable bonds is 7. The molecule has 2 aromatic heterocycles. The summed E-state index contributed by atoms with van der Waals surface area (Å²) in [6.45, 7) is 0.524. The second kappa shape index (κ2) is 7.38. The summed E-state index contributed by atoms with van der Waals surface area (Å²) in [7, 11) is 0. The molecule has 11 heteroatoms. The lowest BCUT2D eigenvalue weighted by atomic mass is 10.1. The molecule has 0 radical (unpaired) electrons. The minimum absolute atomic E-state index is 0.0190. The number of non-ortho nitro benzene ring substituents is 1. The standard InChI is InChI=1S/C18H15N7O4/c19-17(26)16-15(18-20-22-23-21-18)13-3-1-2-4-14(13)24(16)9-10-29-12-7-5-11(6-8-12)25(27)28/h1-8H,9-10H2,(H2,19,26)(H,20,21,22,23). The summed E-state index contributed by atoms with van der Waals surface area (Å²) < 4.78 is 7.43. The van der Waals surface area contributed by atoms with Crippen LogP contribution in [0.4, 0.5) is 5.69 Å². The van der Waals surface area contributed by atoms with Crippen molar-refractivity contribution < 1.29 is 14.5 Å². The first kappa shape index (κ1) is 18.1. The van der Waals surface area contributed by atoms with E-state index in [-0.39, 0.29) is 23.8 Å². The number of aromatic amines is 1. The largest absolute Gasteiger partial charge is 0.492 e. The average Bonchev–Trinajstić information content (AvgIpc) is 3.34. The molecule has 0 bridgehead atoms. The summed E-state index contributed by atoms with van der Waals surface area (Å²) in [6.07, 6.45) is 0. The third-order valence-corrected chi connectivity index (χ3v) is 4.40. The van der Waals surface area contributed by atoms with Crippen LogP contribution in [0.5, 0.6) is 5.75 Å².